The smallest absolute Gasteiger partial charge is 0.311 e. The van der Waals surface area contributed by atoms with Crippen molar-refractivity contribution < 1.29 is 14.4 Å². The van der Waals surface area contributed by atoms with E-state index in [1.54, 1.807) is 6.07 Å². The number of hydrogen-bond acceptors (Lipinski definition) is 6. The molecule has 2 saturated heterocycles. The van der Waals surface area contributed by atoms with E-state index >= 15 is 0 Å². The molecule has 0 spiro atoms. The molecule has 3 rings (SSSR count). The molecular weight excluding hydrogens is 322 g/mol. The van der Waals surface area contributed by atoms with Crippen LogP contribution in [0, 0.1) is 10.1 Å². The summed E-state index contributed by atoms with van der Waals surface area (Å²) in [6.45, 7) is 8.01. The maximum absolute atomic E-state index is 11.2. The average Bonchev–Trinajstić information content (AvgIpc) is 2.89. The Labute approximate surface area is 148 Å². The van der Waals surface area contributed by atoms with Gasteiger partial charge in [-0.3, -0.25) is 15.0 Å². The second kappa shape index (κ2) is 8.49. The fourth-order valence-electron chi connectivity index (χ4n) is 3.73. The highest BCUT2D eigenvalue weighted by molar-refractivity contribution is 5.59. The minimum Gasteiger partial charge on any atom is -0.487 e. The Morgan fingerprint density at radius 1 is 1.24 bits per heavy atom. The molecule has 138 valence electrons. The summed E-state index contributed by atoms with van der Waals surface area (Å²) in [6, 6.07) is 5.84. The van der Waals surface area contributed by atoms with E-state index in [4.69, 9.17) is 9.47 Å². The highest BCUT2D eigenvalue weighted by atomic mass is 16.6. The Morgan fingerprint density at radius 3 is 2.76 bits per heavy atom. The molecule has 0 N–H and O–H groups in total. The van der Waals surface area contributed by atoms with E-state index in [2.05, 4.69) is 9.80 Å². The average molecular weight is 349 g/mol. The van der Waals surface area contributed by atoms with E-state index < -0.39 is 0 Å². The minimum atomic E-state index is -0.385. The second-order valence-corrected chi connectivity index (χ2v) is 6.56. The molecule has 2 aliphatic heterocycles. The predicted molar refractivity (Wildman–Crippen MR) is 96.5 cm³/mol. The Morgan fingerprint density at radius 2 is 2.04 bits per heavy atom. The molecule has 2 fully saturated rings. The Balaban J connectivity index is 1.69. The lowest BCUT2D eigenvalue weighted by Crippen LogP contribution is -2.41. The van der Waals surface area contributed by atoms with Crippen LogP contribution in [0.15, 0.2) is 18.2 Å². The van der Waals surface area contributed by atoms with Gasteiger partial charge in [-0.25, -0.2) is 0 Å². The van der Waals surface area contributed by atoms with Crippen molar-refractivity contribution in [2.45, 2.75) is 32.2 Å². The van der Waals surface area contributed by atoms with Crippen molar-refractivity contribution in [3.05, 3.63) is 28.3 Å². The number of hydrogen-bond donors (Lipinski definition) is 0. The molecule has 0 saturated carbocycles. The summed E-state index contributed by atoms with van der Waals surface area (Å²) in [7, 11) is 0. The molecule has 0 radical (unpaired) electrons. The van der Waals surface area contributed by atoms with Gasteiger partial charge in [-0.05, 0) is 32.3 Å². The zero-order chi connectivity index (χ0) is 17.6. The van der Waals surface area contributed by atoms with Gasteiger partial charge in [0, 0.05) is 63.3 Å². The molecule has 0 bridgehead atoms. The number of ether oxygens (including phenoxy) is 2. The third-order valence-corrected chi connectivity index (χ3v) is 5.04. The van der Waals surface area contributed by atoms with Gasteiger partial charge < -0.3 is 14.4 Å². The zero-order valence-electron chi connectivity index (χ0n) is 14.9. The van der Waals surface area contributed by atoms with Crippen LogP contribution >= 0.6 is 0 Å². The van der Waals surface area contributed by atoms with E-state index in [9.17, 15) is 10.1 Å². The summed E-state index contributed by atoms with van der Waals surface area (Å²) >= 11 is 0. The first kappa shape index (κ1) is 17.9. The topological polar surface area (TPSA) is 68.1 Å². The molecule has 2 heterocycles. The van der Waals surface area contributed by atoms with Crippen molar-refractivity contribution >= 4 is 11.4 Å². The summed E-state index contributed by atoms with van der Waals surface area (Å²) in [6.07, 6.45) is 3.33. The first-order valence-electron chi connectivity index (χ1n) is 9.17. The van der Waals surface area contributed by atoms with E-state index in [0.717, 1.165) is 64.3 Å². The quantitative estimate of drug-likeness (QED) is 0.601. The van der Waals surface area contributed by atoms with E-state index in [-0.39, 0.29) is 10.6 Å². The standard InChI is InChI=1S/C18H27N3O4/c1-2-25-18-14-16(4-5-17(18)21(22)23)20-9-3-8-19(10-11-20)15-6-12-24-13-7-15/h4-5,14-15H,2-3,6-13H2,1H3. The summed E-state index contributed by atoms with van der Waals surface area (Å²) in [4.78, 5) is 15.7. The lowest BCUT2D eigenvalue weighted by Gasteiger charge is -2.33. The normalized spacial score (nSPS) is 20.3. The summed E-state index contributed by atoms with van der Waals surface area (Å²) in [5, 5.41) is 11.2. The van der Waals surface area contributed by atoms with Gasteiger partial charge in [-0.15, -0.1) is 0 Å². The molecule has 0 amide bonds. The molecule has 1 aromatic rings. The van der Waals surface area contributed by atoms with Gasteiger partial charge in [0.1, 0.15) is 0 Å². The fraction of sp³-hybridized carbons (Fsp3) is 0.667. The van der Waals surface area contributed by atoms with Crippen LogP contribution in [-0.4, -0.2) is 61.9 Å². The van der Waals surface area contributed by atoms with E-state index in [1.807, 2.05) is 19.1 Å². The van der Waals surface area contributed by atoms with Crippen LogP contribution in [0.2, 0.25) is 0 Å². The van der Waals surface area contributed by atoms with Gasteiger partial charge in [0.2, 0.25) is 0 Å². The molecule has 0 unspecified atom stereocenters. The Bertz CT molecular complexity index is 590. The van der Waals surface area contributed by atoms with Gasteiger partial charge in [-0.1, -0.05) is 0 Å². The fourth-order valence-corrected chi connectivity index (χ4v) is 3.73. The van der Waals surface area contributed by atoms with Crippen LogP contribution in [0.4, 0.5) is 11.4 Å². The Hall–Kier alpha value is -1.86. The van der Waals surface area contributed by atoms with Crippen molar-refractivity contribution in [3.63, 3.8) is 0 Å². The van der Waals surface area contributed by atoms with Gasteiger partial charge in [0.25, 0.3) is 0 Å². The molecule has 2 aliphatic rings. The van der Waals surface area contributed by atoms with E-state index in [0.29, 0.717) is 18.4 Å². The molecular formula is C18H27N3O4. The van der Waals surface area contributed by atoms with Crippen LogP contribution in [0.1, 0.15) is 26.2 Å². The first-order chi connectivity index (χ1) is 12.2. The van der Waals surface area contributed by atoms with Crippen molar-refractivity contribution in [2.75, 3.05) is 50.9 Å². The van der Waals surface area contributed by atoms with Crippen molar-refractivity contribution in [1.29, 1.82) is 0 Å². The third-order valence-electron chi connectivity index (χ3n) is 5.04. The lowest BCUT2D eigenvalue weighted by molar-refractivity contribution is -0.385. The van der Waals surface area contributed by atoms with Crippen LogP contribution in [0.3, 0.4) is 0 Å². The molecule has 0 aliphatic carbocycles. The second-order valence-electron chi connectivity index (χ2n) is 6.56. The van der Waals surface area contributed by atoms with Gasteiger partial charge in [0.05, 0.1) is 11.5 Å². The van der Waals surface area contributed by atoms with Crippen LogP contribution < -0.4 is 9.64 Å². The zero-order valence-corrected chi connectivity index (χ0v) is 14.9. The maximum atomic E-state index is 11.2. The number of rotatable bonds is 5. The van der Waals surface area contributed by atoms with Crippen LogP contribution in [0.25, 0.3) is 0 Å². The van der Waals surface area contributed by atoms with Gasteiger partial charge in [0.15, 0.2) is 5.75 Å². The number of benzene rings is 1. The van der Waals surface area contributed by atoms with Crippen molar-refractivity contribution in [1.82, 2.24) is 4.90 Å². The summed E-state index contributed by atoms with van der Waals surface area (Å²) in [5.41, 5.74) is 1.03. The SMILES string of the molecule is CCOc1cc(N2CCCN(C3CCOCC3)CC2)ccc1[N+](=O)[O-]. The highest BCUT2D eigenvalue weighted by Gasteiger charge is 2.25. The molecule has 25 heavy (non-hydrogen) atoms. The lowest BCUT2D eigenvalue weighted by atomic mass is 10.1. The minimum absolute atomic E-state index is 0.0317. The van der Waals surface area contributed by atoms with Crippen molar-refractivity contribution in [2.24, 2.45) is 0 Å². The predicted octanol–water partition coefficient (Wildman–Crippen LogP) is 2.68. The van der Waals surface area contributed by atoms with Gasteiger partial charge >= 0.3 is 5.69 Å². The maximum Gasteiger partial charge on any atom is 0.311 e. The summed E-state index contributed by atoms with van der Waals surface area (Å²) in [5.74, 6) is 0.357. The number of anilines is 1. The van der Waals surface area contributed by atoms with Gasteiger partial charge in [-0.2, -0.15) is 0 Å². The van der Waals surface area contributed by atoms with Crippen LogP contribution in [0.5, 0.6) is 5.75 Å². The van der Waals surface area contributed by atoms with Crippen molar-refractivity contribution in [3.8, 4) is 5.75 Å². The largest absolute Gasteiger partial charge is 0.487 e. The molecule has 7 heteroatoms. The number of nitro benzene ring substituents is 1. The summed E-state index contributed by atoms with van der Waals surface area (Å²) < 4.78 is 11.0. The molecule has 1 aromatic carbocycles. The number of nitrogens with zero attached hydrogens (tertiary/aromatic N) is 3. The molecule has 0 aromatic heterocycles. The van der Waals surface area contributed by atoms with E-state index in [1.165, 1.54) is 0 Å². The molecule has 0 atom stereocenters. The third kappa shape index (κ3) is 4.41. The monoisotopic (exact) mass is 349 g/mol. The highest BCUT2D eigenvalue weighted by Crippen LogP contribution is 2.32. The van der Waals surface area contributed by atoms with Crippen LogP contribution in [-0.2, 0) is 4.74 Å². The number of nitro groups is 1. The Kier molecular flexibility index (Phi) is 6.09. The molecule has 7 nitrogen and oxygen atoms in total. The first-order valence-corrected chi connectivity index (χ1v) is 9.17.